The molecule has 218 valence electrons. The number of benzene rings is 3. The van der Waals surface area contributed by atoms with Gasteiger partial charge in [0.05, 0.1) is 10.6 Å². The molecule has 0 saturated heterocycles. The third kappa shape index (κ3) is 7.18. The topological polar surface area (TPSA) is 105 Å². The number of nitrogens with one attached hydrogen (secondary N) is 1. The molecular formula is C31H37N3O6S. The van der Waals surface area contributed by atoms with Crippen LogP contribution in [0.1, 0.15) is 39.2 Å². The van der Waals surface area contributed by atoms with Crippen LogP contribution in [0.5, 0.6) is 11.5 Å². The van der Waals surface area contributed by atoms with E-state index in [4.69, 9.17) is 9.47 Å². The van der Waals surface area contributed by atoms with Crippen molar-refractivity contribution in [2.45, 2.75) is 57.1 Å². The molecule has 0 bridgehead atoms. The van der Waals surface area contributed by atoms with Crippen LogP contribution in [0.15, 0.2) is 83.8 Å². The van der Waals surface area contributed by atoms with Crippen LogP contribution in [0.25, 0.3) is 0 Å². The van der Waals surface area contributed by atoms with Crippen molar-refractivity contribution in [2.24, 2.45) is 0 Å². The summed E-state index contributed by atoms with van der Waals surface area (Å²) in [5, 5.41) is 2.98. The summed E-state index contributed by atoms with van der Waals surface area (Å²) < 4.78 is 40.3. The van der Waals surface area contributed by atoms with Crippen LogP contribution in [-0.4, -0.2) is 57.0 Å². The van der Waals surface area contributed by atoms with E-state index in [2.05, 4.69) is 5.32 Å². The minimum Gasteiger partial charge on any atom is -0.486 e. The monoisotopic (exact) mass is 579 g/mol. The Morgan fingerprint density at radius 2 is 1.51 bits per heavy atom. The summed E-state index contributed by atoms with van der Waals surface area (Å²) in [5.74, 6) is 0.120. The van der Waals surface area contributed by atoms with Crippen molar-refractivity contribution in [1.29, 1.82) is 0 Å². The van der Waals surface area contributed by atoms with Gasteiger partial charge in [-0.15, -0.1) is 0 Å². The van der Waals surface area contributed by atoms with Crippen LogP contribution in [0.4, 0.5) is 5.69 Å². The molecule has 0 saturated carbocycles. The number of sulfonamides is 1. The van der Waals surface area contributed by atoms with Crippen LogP contribution >= 0.6 is 0 Å². The minimum atomic E-state index is -4.17. The zero-order valence-electron chi connectivity index (χ0n) is 23.7. The summed E-state index contributed by atoms with van der Waals surface area (Å²) >= 11 is 0. The molecule has 41 heavy (non-hydrogen) atoms. The van der Waals surface area contributed by atoms with Gasteiger partial charge in [-0.3, -0.25) is 13.9 Å². The van der Waals surface area contributed by atoms with Crippen molar-refractivity contribution in [3.05, 3.63) is 84.4 Å². The first-order valence-electron chi connectivity index (χ1n) is 13.9. The van der Waals surface area contributed by atoms with Crippen LogP contribution in [0.3, 0.4) is 0 Å². The lowest BCUT2D eigenvalue weighted by atomic mass is 10.1. The Morgan fingerprint density at radius 1 is 0.878 bits per heavy atom. The number of hydrogen-bond donors (Lipinski definition) is 1. The van der Waals surface area contributed by atoms with Gasteiger partial charge in [0, 0.05) is 18.7 Å². The molecule has 1 aliphatic heterocycles. The molecule has 2 amide bonds. The van der Waals surface area contributed by atoms with Gasteiger partial charge in [-0.25, -0.2) is 8.42 Å². The Labute approximate surface area is 242 Å². The summed E-state index contributed by atoms with van der Waals surface area (Å²) in [6.07, 6.45) is 1.10. The van der Waals surface area contributed by atoms with Gasteiger partial charge < -0.3 is 19.7 Å². The van der Waals surface area contributed by atoms with E-state index in [-0.39, 0.29) is 29.1 Å². The summed E-state index contributed by atoms with van der Waals surface area (Å²) in [6, 6.07) is 21.2. The molecule has 0 aliphatic carbocycles. The maximum absolute atomic E-state index is 14.1. The van der Waals surface area contributed by atoms with Gasteiger partial charge in [-0.1, -0.05) is 62.4 Å². The van der Waals surface area contributed by atoms with Crippen molar-refractivity contribution in [1.82, 2.24) is 10.2 Å². The predicted molar refractivity (Wildman–Crippen MR) is 157 cm³/mol. The van der Waals surface area contributed by atoms with Crippen molar-refractivity contribution in [3.8, 4) is 11.5 Å². The molecule has 4 rings (SSSR count). The molecule has 0 aromatic heterocycles. The first-order chi connectivity index (χ1) is 19.7. The lowest BCUT2D eigenvalue weighted by Gasteiger charge is -2.34. The maximum Gasteiger partial charge on any atom is 0.264 e. The molecule has 10 heteroatoms. The fourth-order valence-corrected chi connectivity index (χ4v) is 6.00. The van der Waals surface area contributed by atoms with E-state index in [1.165, 1.54) is 17.0 Å². The second kappa shape index (κ2) is 13.5. The molecule has 1 N–H and O–H groups in total. The van der Waals surface area contributed by atoms with Crippen LogP contribution in [-0.2, 0) is 26.2 Å². The number of anilines is 1. The Bertz CT molecular complexity index is 1430. The number of carbonyl (C=O) groups excluding carboxylic acids is 2. The molecule has 0 radical (unpaired) electrons. The fraction of sp³-hybridized carbons (Fsp3) is 0.355. The number of hydrogen-bond acceptors (Lipinski definition) is 6. The third-order valence-corrected chi connectivity index (χ3v) is 8.79. The van der Waals surface area contributed by atoms with Crippen molar-refractivity contribution in [3.63, 3.8) is 0 Å². The average Bonchev–Trinajstić information content (AvgIpc) is 3.00. The van der Waals surface area contributed by atoms with Gasteiger partial charge in [0.25, 0.3) is 10.0 Å². The van der Waals surface area contributed by atoms with Crippen molar-refractivity contribution >= 4 is 27.5 Å². The predicted octanol–water partition coefficient (Wildman–Crippen LogP) is 4.38. The molecular weight excluding hydrogens is 542 g/mol. The Hall–Kier alpha value is -4.05. The SMILES string of the molecule is CC[C@H](C(=O)N[C@@H](C)CC)N(Cc1ccccc1)C(=O)CN(c1ccc2c(c1)OCCO2)S(=O)(=O)c1ccccc1. The van der Waals surface area contributed by atoms with Crippen molar-refractivity contribution in [2.75, 3.05) is 24.1 Å². The first-order valence-corrected chi connectivity index (χ1v) is 15.3. The van der Waals surface area contributed by atoms with Gasteiger partial charge in [-0.05, 0) is 49.6 Å². The number of carbonyl (C=O) groups is 2. The summed E-state index contributed by atoms with van der Waals surface area (Å²) in [6.45, 7) is 6.06. The van der Waals surface area contributed by atoms with Crippen LogP contribution < -0.4 is 19.1 Å². The summed E-state index contributed by atoms with van der Waals surface area (Å²) in [7, 11) is -4.17. The molecule has 0 fully saturated rings. The molecule has 1 aliphatic rings. The van der Waals surface area contributed by atoms with Gasteiger partial charge in [-0.2, -0.15) is 0 Å². The smallest absolute Gasteiger partial charge is 0.264 e. The van der Waals surface area contributed by atoms with E-state index in [0.29, 0.717) is 31.1 Å². The average molecular weight is 580 g/mol. The number of fused-ring (bicyclic) bond motifs is 1. The fourth-order valence-electron chi connectivity index (χ4n) is 4.58. The zero-order valence-corrected chi connectivity index (χ0v) is 24.5. The third-order valence-electron chi connectivity index (χ3n) is 7.01. The highest BCUT2D eigenvalue weighted by Gasteiger charge is 2.34. The van der Waals surface area contributed by atoms with Gasteiger partial charge in [0.1, 0.15) is 25.8 Å². The molecule has 1 heterocycles. The largest absolute Gasteiger partial charge is 0.486 e. The quantitative estimate of drug-likeness (QED) is 0.342. The van der Waals surface area contributed by atoms with Crippen molar-refractivity contribution < 1.29 is 27.5 Å². The summed E-state index contributed by atoms with van der Waals surface area (Å²) in [4.78, 5) is 29.0. The van der Waals surface area contributed by atoms with E-state index in [0.717, 1.165) is 16.3 Å². The standard InChI is InChI=1S/C31H37N3O6S/c1-4-23(3)32-31(36)27(5-2)33(21-24-12-8-6-9-13-24)30(35)22-34(41(37,38)26-14-10-7-11-15-26)25-16-17-28-29(20-25)40-19-18-39-28/h6-17,20,23,27H,4-5,18-19,21-22H2,1-3H3,(H,32,36)/t23-,27+/m0/s1. The minimum absolute atomic E-state index is 0.0406. The maximum atomic E-state index is 14.1. The Balaban J connectivity index is 1.74. The van der Waals surface area contributed by atoms with Gasteiger partial charge >= 0.3 is 0 Å². The molecule has 3 aromatic rings. The highest BCUT2D eigenvalue weighted by atomic mass is 32.2. The Morgan fingerprint density at radius 3 is 2.15 bits per heavy atom. The van der Waals surface area contributed by atoms with E-state index < -0.39 is 28.5 Å². The second-order valence-corrected chi connectivity index (χ2v) is 11.8. The van der Waals surface area contributed by atoms with E-state index in [1.807, 2.05) is 51.1 Å². The zero-order chi connectivity index (χ0) is 29.4. The lowest BCUT2D eigenvalue weighted by Crippen LogP contribution is -2.53. The number of ether oxygens (including phenoxy) is 2. The highest BCUT2D eigenvalue weighted by Crippen LogP contribution is 2.36. The molecule has 3 aromatic carbocycles. The molecule has 0 spiro atoms. The molecule has 2 atom stereocenters. The van der Waals surface area contributed by atoms with Gasteiger partial charge in [0.15, 0.2) is 11.5 Å². The molecule has 9 nitrogen and oxygen atoms in total. The second-order valence-electron chi connectivity index (χ2n) is 9.90. The van der Waals surface area contributed by atoms with E-state index in [9.17, 15) is 18.0 Å². The van der Waals surface area contributed by atoms with Gasteiger partial charge in [0.2, 0.25) is 11.8 Å². The van der Waals surface area contributed by atoms with E-state index >= 15 is 0 Å². The number of rotatable bonds is 12. The number of amides is 2. The highest BCUT2D eigenvalue weighted by molar-refractivity contribution is 7.92. The lowest BCUT2D eigenvalue weighted by molar-refractivity contribution is -0.140. The van der Waals surface area contributed by atoms with E-state index in [1.54, 1.807) is 36.4 Å². The summed E-state index contributed by atoms with van der Waals surface area (Å²) in [5.41, 5.74) is 1.08. The van der Waals surface area contributed by atoms with Crippen LogP contribution in [0.2, 0.25) is 0 Å². The Kier molecular flexibility index (Phi) is 9.88. The normalized spacial score (nSPS) is 14.0. The molecule has 0 unspecified atom stereocenters. The number of nitrogens with zero attached hydrogens (tertiary/aromatic N) is 2. The first kappa shape index (κ1) is 29.9. The van der Waals surface area contributed by atoms with Crippen LogP contribution in [0, 0.1) is 0 Å².